The molecule has 3 aromatic rings. The molecule has 3 N–H and O–H groups in total. The number of carbonyl (C=O) groups excluding carboxylic acids is 1. The van der Waals surface area contributed by atoms with Crippen molar-refractivity contribution in [3.63, 3.8) is 0 Å². The third kappa shape index (κ3) is 3.66. The van der Waals surface area contributed by atoms with Gasteiger partial charge in [-0.05, 0) is 43.9 Å². The van der Waals surface area contributed by atoms with Gasteiger partial charge in [-0.15, -0.1) is 0 Å². The number of ether oxygens (including phenoxy) is 1. The van der Waals surface area contributed by atoms with Gasteiger partial charge in [0, 0.05) is 6.54 Å². The highest BCUT2D eigenvalue weighted by molar-refractivity contribution is 5.98. The molecule has 0 bridgehead atoms. The molecular weight excluding hydrogens is 411 g/mol. The minimum absolute atomic E-state index is 0.117. The summed E-state index contributed by atoms with van der Waals surface area (Å²) >= 11 is 0. The molecule has 7 nitrogen and oxygen atoms in total. The van der Waals surface area contributed by atoms with Crippen LogP contribution in [0, 0.1) is 6.92 Å². The number of methoxy groups -OCH3 is 1. The van der Waals surface area contributed by atoms with Crippen LogP contribution in [0.1, 0.15) is 52.5 Å². The van der Waals surface area contributed by atoms with Crippen molar-refractivity contribution in [3.8, 4) is 5.75 Å². The van der Waals surface area contributed by atoms with E-state index in [1.807, 2.05) is 13.0 Å². The van der Waals surface area contributed by atoms with E-state index in [1.54, 1.807) is 17.0 Å². The summed E-state index contributed by atoms with van der Waals surface area (Å²) < 4.78 is 46.7. The number of fused-ring (bicyclic) bond motifs is 1. The van der Waals surface area contributed by atoms with Crippen LogP contribution < -0.4 is 10.5 Å². The van der Waals surface area contributed by atoms with E-state index in [0.717, 1.165) is 24.5 Å². The van der Waals surface area contributed by atoms with Gasteiger partial charge in [0.05, 0.1) is 35.4 Å². The number of H-pyrrole nitrogens is 1. The van der Waals surface area contributed by atoms with E-state index in [2.05, 4.69) is 15.2 Å². The van der Waals surface area contributed by atoms with E-state index in [0.29, 0.717) is 24.3 Å². The number of nitrogen functional groups attached to an aromatic ring is 1. The highest BCUT2D eigenvalue weighted by Crippen LogP contribution is 2.40. The molecule has 1 aromatic carbocycles. The standard InChI is InChI=1S/C21H22F3N5O2/c1-11-6-5-7-12(17(11)31-2)20(30)29-9-4-3-8-15(29)14-10-13(21(22,23)24)16-18(25)27-28-19(16)26-14/h5-7,10,15H,3-4,8-9H2,1-2H3,(H3,25,26,27,28)/t15-/m1/s1. The predicted molar refractivity (Wildman–Crippen MR) is 109 cm³/mol. The Hall–Kier alpha value is -3.30. The van der Waals surface area contributed by atoms with Crippen LogP contribution in [0.4, 0.5) is 19.0 Å². The van der Waals surface area contributed by atoms with E-state index >= 15 is 0 Å². The molecule has 3 heterocycles. The lowest BCUT2D eigenvalue weighted by Gasteiger charge is -2.36. The molecule has 0 saturated carbocycles. The van der Waals surface area contributed by atoms with Crippen molar-refractivity contribution < 1.29 is 22.7 Å². The van der Waals surface area contributed by atoms with E-state index in [9.17, 15) is 18.0 Å². The van der Waals surface area contributed by atoms with Gasteiger partial charge in [0.15, 0.2) is 5.65 Å². The largest absolute Gasteiger partial charge is 0.496 e. The van der Waals surface area contributed by atoms with Gasteiger partial charge in [-0.1, -0.05) is 12.1 Å². The van der Waals surface area contributed by atoms with E-state index in [4.69, 9.17) is 10.5 Å². The topological polar surface area (TPSA) is 97.1 Å². The zero-order valence-electron chi connectivity index (χ0n) is 17.1. The van der Waals surface area contributed by atoms with Crippen LogP contribution in [0.25, 0.3) is 11.0 Å². The van der Waals surface area contributed by atoms with Gasteiger partial charge in [-0.25, -0.2) is 4.98 Å². The number of nitrogens with one attached hydrogen (secondary N) is 1. The fourth-order valence-corrected chi connectivity index (χ4v) is 4.19. The van der Waals surface area contributed by atoms with Gasteiger partial charge in [0.1, 0.15) is 11.6 Å². The van der Waals surface area contributed by atoms with Crippen LogP contribution in [0.15, 0.2) is 24.3 Å². The number of anilines is 1. The highest BCUT2D eigenvalue weighted by Gasteiger charge is 2.38. The lowest BCUT2D eigenvalue weighted by molar-refractivity contribution is -0.136. The third-order valence-corrected chi connectivity index (χ3v) is 5.63. The molecule has 1 fully saturated rings. The Labute approximate surface area is 176 Å². The molecular formula is C21H22F3N5O2. The van der Waals surface area contributed by atoms with Crippen LogP contribution in [0.2, 0.25) is 0 Å². The average Bonchev–Trinajstić information content (AvgIpc) is 3.12. The second-order valence-corrected chi connectivity index (χ2v) is 7.59. The Morgan fingerprint density at radius 3 is 2.81 bits per heavy atom. The molecule has 1 aliphatic rings. The summed E-state index contributed by atoms with van der Waals surface area (Å²) in [5.74, 6) is -0.0408. The molecule has 1 atom stereocenters. The molecule has 4 rings (SSSR count). The number of nitrogens with zero attached hydrogens (tertiary/aromatic N) is 3. The lowest BCUT2D eigenvalue weighted by atomic mass is 9.95. The minimum Gasteiger partial charge on any atom is -0.496 e. The molecule has 10 heteroatoms. The first-order chi connectivity index (χ1) is 14.7. The number of para-hydroxylation sites is 1. The number of likely N-dealkylation sites (tertiary alicyclic amines) is 1. The number of benzene rings is 1. The number of halogens is 3. The Kier molecular flexibility index (Phi) is 5.24. The van der Waals surface area contributed by atoms with Crippen molar-refractivity contribution >= 4 is 22.8 Å². The maximum Gasteiger partial charge on any atom is 0.417 e. The summed E-state index contributed by atoms with van der Waals surface area (Å²) in [6.07, 6.45) is -2.63. The molecule has 0 aliphatic carbocycles. The lowest BCUT2D eigenvalue weighted by Crippen LogP contribution is -2.39. The Morgan fingerprint density at radius 2 is 2.10 bits per heavy atom. The second-order valence-electron chi connectivity index (χ2n) is 7.59. The van der Waals surface area contributed by atoms with Crippen LogP contribution in [0.5, 0.6) is 5.75 Å². The third-order valence-electron chi connectivity index (χ3n) is 5.63. The zero-order valence-corrected chi connectivity index (χ0v) is 17.1. The van der Waals surface area contributed by atoms with E-state index in [-0.39, 0.29) is 28.5 Å². The van der Waals surface area contributed by atoms with Gasteiger partial charge in [0.2, 0.25) is 0 Å². The second kappa shape index (κ2) is 7.75. The van der Waals surface area contributed by atoms with Crippen molar-refractivity contribution in [1.82, 2.24) is 20.1 Å². The molecule has 0 spiro atoms. The fraction of sp³-hybridized carbons (Fsp3) is 0.381. The van der Waals surface area contributed by atoms with Crippen molar-refractivity contribution in [2.75, 3.05) is 19.4 Å². The van der Waals surface area contributed by atoms with Crippen LogP contribution in [0.3, 0.4) is 0 Å². The maximum atomic E-state index is 13.8. The zero-order chi connectivity index (χ0) is 22.3. The molecule has 2 aromatic heterocycles. The molecule has 164 valence electrons. The fourth-order valence-electron chi connectivity index (χ4n) is 4.19. The molecule has 31 heavy (non-hydrogen) atoms. The number of piperidine rings is 1. The van der Waals surface area contributed by atoms with Crippen molar-refractivity contribution in [2.45, 2.75) is 38.4 Å². The minimum atomic E-state index is -4.64. The normalized spacial score (nSPS) is 17.2. The first-order valence-electron chi connectivity index (χ1n) is 9.88. The quantitative estimate of drug-likeness (QED) is 0.644. The van der Waals surface area contributed by atoms with Crippen LogP contribution in [-0.4, -0.2) is 39.6 Å². The summed E-state index contributed by atoms with van der Waals surface area (Å²) in [6, 6.07) is 5.61. The van der Waals surface area contributed by atoms with Crippen molar-refractivity contribution in [3.05, 3.63) is 46.6 Å². The average molecular weight is 433 g/mol. The number of rotatable bonds is 3. The summed E-state index contributed by atoms with van der Waals surface area (Å²) in [7, 11) is 1.49. The van der Waals surface area contributed by atoms with E-state index in [1.165, 1.54) is 7.11 Å². The Bertz CT molecular complexity index is 1140. The number of pyridine rings is 1. The smallest absolute Gasteiger partial charge is 0.417 e. The van der Waals surface area contributed by atoms with E-state index < -0.39 is 17.8 Å². The number of hydrogen-bond acceptors (Lipinski definition) is 5. The summed E-state index contributed by atoms with van der Waals surface area (Å²) in [6.45, 7) is 2.24. The number of aromatic nitrogens is 3. The van der Waals surface area contributed by atoms with Crippen LogP contribution >= 0.6 is 0 Å². The molecule has 1 aliphatic heterocycles. The molecule has 1 amide bonds. The highest BCUT2D eigenvalue weighted by atomic mass is 19.4. The van der Waals surface area contributed by atoms with Gasteiger partial charge >= 0.3 is 6.18 Å². The molecule has 0 radical (unpaired) electrons. The summed E-state index contributed by atoms with van der Waals surface area (Å²) in [5.41, 5.74) is 5.95. The predicted octanol–water partition coefficient (Wildman–Crippen LogP) is 4.24. The summed E-state index contributed by atoms with van der Waals surface area (Å²) in [5, 5.41) is 5.94. The van der Waals surface area contributed by atoms with Crippen molar-refractivity contribution in [1.29, 1.82) is 0 Å². The number of amides is 1. The maximum absolute atomic E-state index is 13.8. The summed E-state index contributed by atoms with van der Waals surface area (Å²) in [4.78, 5) is 19.3. The number of carbonyl (C=O) groups is 1. The van der Waals surface area contributed by atoms with Crippen LogP contribution in [-0.2, 0) is 6.18 Å². The SMILES string of the molecule is COc1c(C)cccc1C(=O)N1CCCC[C@@H]1c1cc(C(F)(F)F)c2c(N)[nH]nc2n1. The number of aryl methyl sites for hydroxylation is 1. The monoisotopic (exact) mass is 433 g/mol. The number of nitrogens with two attached hydrogens (primary N) is 1. The number of aromatic amines is 1. The van der Waals surface area contributed by atoms with Crippen molar-refractivity contribution in [2.24, 2.45) is 0 Å². The molecule has 0 unspecified atom stereocenters. The van der Waals surface area contributed by atoms with Gasteiger partial charge in [-0.2, -0.15) is 18.3 Å². The Morgan fingerprint density at radius 1 is 1.32 bits per heavy atom. The first kappa shape index (κ1) is 21.0. The number of alkyl halides is 3. The molecule has 1 saturated heterocycles. The van der Waals surface area contributed by atoms with Gasteiger partial charge in [0.25, 0.3) is 5.91 Å². The van der Waals surface area contributed by atoms with Gasteiger partial charge < -0.3 is 15.4 Å². The number of hydrogen-bond donors (Lipinski definition) is 2. The Balaban J connectivity index is 1.81. The first-order valence-corrected chi connectivity index (χ1v) is 9.88. The van der Waals surface area contributed by atoms with Gasteiger partial charge in [-0.3, -0.25) is 9.89 Å².